The van der Waals surface area contributed by atoms with E-state index >= 15 is 0 Å². The van der Waals surface area contributed by atoms with E-state index in [1.807, 2.05) is 0 Å². The minimum absolute atomic E-state index is 0.481. The van der Waals surface area contributed by atoms with E-state index in [0.717, 1.165) is 19.5 Å². The van der Waals surface area contributed by atoms with Gasteiger partial charge in [-0.3, -0.25) is 0 Å². The average molecular weight is 138 g/mol. The van der Waals surface area contributed by atoms with Gasteiger partial charge in [-0.15, -0.1) is 0 Å². The van der Waals surface area contributed by atoms with Gasteiger partial charge < -0.3 is 5.32 Å². The van der Waals surface area contributed by atoms with Gasteiger partial charge in [0.25, 0.3) is 0 Å². The van der Waals surface area contributed by atoms with Crippen LogP contribution in [0.4, 0.5) is 0 Å². The molecule has 4 heteroatoms. The Balaban J connectivity index is 2.12. The SMILES string of the molecule is c1cnn([C@@H]2CCNC2)n1. The lowest BCUT2D eigenvalue weighted by Gasteiger charge is -2.04. The Morgan fingerprint density at radius 3 is 2.80 bits per heavy atom. The molecule has 0 unspecified atom stereocenters. The predicted molar refractivity (Wildman–Crippen MR) is 36.5 cm³/mol. The fraction of sp³-hybridized carbons (Fsp3) is 0.667. The molecule has 1 aliphatic heterocycles. The highest BCUT2D eigenvalue weighted by Crippen LogP contribution is 2.10. The summed E-state index contributed by atoms with van der Waals surface area (Å²) in [5.74, 6) is 0. The number of nitrogens with one attached hydrogen (secondary N) is 1. The maximum atomic E-state index is 4.06. The molecule has 1 aromatic rings. The lowest BCUT2D eigenvalue weighted by molar-refractivity contribution is 0.433. The molecule has 0 aliphatic carbocycles. The monoisotopic (exact) mass is 138 g/mol. The van der Waals surface area contributed by atoms with Crippen molar-refractivity contribution in [1.82, 2.24) is 20.3 Å². The van der Waals surface area contributed by atoms with E-state index in [9.17, 15) is 0 Å². The number of hydrogen-bond acceptors (Lipinski definition) is 3. The molecule has 0 aromatic carbocycles. The Labute approximate surface area is 59.2 Å². The first kappa shape index (κ1) is 5.85. The second-order valence-corrected chi connectivity index (χ2v) is 2.50. The maximum absolute atomic E-state index is 4.06. The molecule has 0 radical (unpaired) electrons. The van der Waals surface area contributed by atoms with Crippen LogP contribution in [-0.4, -0.2) is 28.1 Å². The van der Waals surface area contributed by atoms with E-state index in [-0.39, 0.29) is 0 Å². The van der Waals surface area contributed by atoms with Gasteiger partial charge in [0, 0.05) is 6.54 Å². The summed E-state index contributed by atoms with van der Waals surface area (Å²) in [5, 5.41) is 11.4. The van der Waals surface area contributed by atoms with Gasteiger partial charge in [0.15, 0.2) is 0 Å². The van der Waals surface area contributed by atoms with Gasteiger partial charge in [-0.2, -0.15) is 15.0 Å². The van der Waals surface area contributed by atoms with Crippen molar-refractivity contribution in [3.8, 4) is 0 Å². The summed E-state index contributed by atoms with van der Waals surface area (Å²) in [6.07, 6.45) is 4.59. The molecule has 54 valence electrons. The first-order chi connectivity index (χ1) is 4.97. The zero-order chi connectivity index (χ0) is 6.81. The smallest absolute Gasteiger partial charge is 0.0852 e. The van der Waals surface area contributed by atoms with Crippen molar-refractivity contribution in [3.05, 3.63) is 12.4 Å². The molecule has 4 nitrogen and oxygen atoms in total. The molecule has 1 atom stereocenters. The normalized spacial score (nSPS) is 25.4. The van der Waals surface area contributed by atoms with Crippen LogP contribution in [0.2, 0.25) is 0 Å². The van der Waals surface area contributed by atoms with Crippen LogP contribution in [-0.2, 0) is 0 Å². The van der Waals surface area contributed by atoms with Crippen LogP contribution in [0.3, 0.4) is 0 Å². The highest BCUT2D eigenvalue weighted by Gasteiger charge is 2.16. The van der Waals surface area contributed by atoms with Crippen molar-refractivity contribution >= 4 is 0 Å². The van der Waals surface area contributed by atoms with Crippen LogP contribution in [0.5, 0.6) is 0 Å². The highest BCUT2D eigenvalue weighted by atomic mass is 15.5. The third-order valence-corrected chi connectivity index (χ3v) is 1.80. The molecule has 0 bridgehead atoms. The van der Waals surface area contributed by atoms with Gasteiger partial charge in [0.2, 0.25) is 0 Å². The largest absolute Gasteiger partial charge is 0.314 e. The number of aromatic nitrogens is 3. The van der Waals surface area contributed by atoms with Crippen molar-refractivity contribution in [2.45, 2.75) is 12.5 Å². The summed E-state index contributed by atoms with van der Waals surface area (Å²) < 4.78 is 0. The Kier molecular flexibility index (Phi) is 1.39. The minimum atomic E-state index is 0.481. The summed E-state index contributed by atoms with van der Waals surface area (Å²) in [6, 6.07) is 0.481. The molecule has 1 aliphatic rings. The molecule has 2 heterocycles. The van der Waals surface area contributed by atoms with E-state index in [4.69, 9.17) is 0 Å². The number of rotatable bonds is 1. The topological polar surface area (TPSA) is 42.7 Å². The van der Waals surface area contributed by atoms with E-state index in [1.165, 1.54) is 0 Å². The quantitative estimate of drug-likeness (QED) is 0.585. The van der Waals surface area contributed by atoms with Crippen molar-refractivity contribution in [2.75, 3.05) is 13.1 Å². The van der Waals surface area contributed by atoms with Crippen molar-refractivity contribution in [3.63, 3.8) is 0 Å². The molecule has 1 aromatic heterocycles. The summed E-state index contributed by atoms with van der Waals surface area (Å²) in [5.41, 5.74) is 0. The number of nitrogens with zero attached hydrogens (tertiary/aromatic N) is 3. The lowest BCUT2D eigenvalue weighted by Crippen LogP contribution is -2.15. The van der Waals surface area contributed by atoms with Crippen LogP contribution in [0.1, 0.15) is 12.5 Å². The Morgan fingerprint density at radius 1 is 1.40 bits per heavy atom. The first-order valence-electron chi connectivity index (χ1n) is 3.53. The standard InChI is InChI=1S/C6H10N4/c1-2-7-5-6(1)10-8-3-4-9-10/h3-4,6-7H,1-2,5H2/t6-/m1/s1. The fourth-order valence-electron chi connectivity index (χ4n) is 1.25. The van der Waals surface area contributed by atoms with Gasteiger partial charge in [-0.25, -0.2) is 0 Å². The summed E-state index contributed by atoms with van der Waals surface area (Å²) >= 11 is 0. The molecular formula is C6H10N4. The molecule has 10 heavy (non-hydrogen) atoms. The fourth-order valence-corrected chi connectivity index (χ4v) is 1.25. The molecule has 1 fully saturated rings. The lowest BCUT2D eigenvalue weighted by atomic mass is 10.3. The van der Waals surface area contributed by atoms with E-state index in [0.29, 0.717) is 6.04 Å². The third-order valence-electron chi connectivity index (χ3n) is 1.80. The predicted octanol–water partition coefficient (Wildman–Crippen LogP) is -0.188. The van der Waals surface area contributed by atoms with Gasteiger partial charge in [-0.1, -0.05) is 0 Å². The second-order valence-electron chi connectivity index (χ2n) is 2.50. The molecular weight excluding hydrogens is 128 g/mol. The summed E-state index contributed by atoms with van der Waals surface area (Å²) in [6.45, 7) is 2.10. The van der Waals surface area contributed by atoms with E-state index in [1.54, 1.807) is 17.2 Å². The zero-order valence-corrected chi connectivity index (χ0v) is 5.70. The third kappa shape index (κ3) is 0.903. The van der Waals surface area contributed by atoms with Crippen LogP contribution >= 0.6 is 0 Å². The molecule has 1 N–H and O–H groups in total. The number of hydrogen-bond donors (Lipinski definition) is 1. The molecule has 1 saturated heterocycles. The van der Waals surface area contributed by atoms with Crippen LogP contribution < -0.4 is 5.32 Å². The molecule has 0 amide bonds. The Hall–Kier alpha value is -0.900. The van der Waals surface area contributed by atoms with Crippen molar-refractivity contribution < 1.29 is 0 Å². The van der Waals surface area contributed by atoms with Crippen LogP contribution in [0.15, 0.2) is 12.4 Å². The van der Waals surface area contributed by atoms with Crippen molar-refractivity contribution in [1.29, 1.82) is 0 Å². The zero-order valence-electron chi connectivity index (χ0n) is 5.70. The van der Waals surface area contributed by atoms with Crippen LogP contribution in [0, 0.1) is 0 Å². The molecule has 2 rings (SSSR count). The minimum Gasteiger partial charge on any atom is -0.314 e. The Bertz CT molecular complexity index is 188. The van der Waals surface area contributed by atoms with Gasteiger partial charge in [0.05, 0.1) is 18.4 Å². The van der Waals surface area contributed by atoms with Crippen LogP contribution in [0.25, 0.3) is 0 Å². The van der Waals surface area contributed by atoms with Gasteiger partial charge in [0.1, 0.15) is 0 Å². The van der Waals surface area contributed by atoms with Gasteiger partial charge in [-0.05, 0) is 13.0 Å². The van der Waals surface area contributed by atoms with Crippen molar-refractivity contribution in [2.24, 2.45) is 0 Å². The first-order valence-corrected chi connectivity index (χ1v) is 3.53. The molecule has 0 spiro atoms. The Morgan fingerprint density at radius 2 is 2.20 bits per heavy atom. The molecule has 0 saturated carbocycles. The second kappa shape index (κ2) is 2.38. The summed E-state index contributed by atoms with van der Waals surface area (Å²) in [7, 11) is 0. The van der Waals surface area contributed by atoms with Gasteiger partial charge >= 0.3 is 0 Å². The summed E-state index contributed by atoms with van der Waals surface area (Å²) in [4.78, 5) is 1.78. The highest BCUT2D eigenvalue weighted by molar-refractivity contribution is 4.75. The van der Waals surface area contributed by atoms with E-state index < -0.39 is 0 Å². The maximum Gasteiger partial charge on any atom is 0.0852 e. The average Bonchev–Trinajstić information content (AvgIpc) is 2.59. The van der Waals surface area contributed by atoms with E-state index in [2.05, 4.69) is 15.5 Å².